The molecule has 0 atom stereocenters. The quantitative estimate of drug-likeness (QED) is 0.717. The molecule has 1 heterocycles. The van der Waals surface area contributed by atoms with E-state index in [1.807, 2.05) is 29.3 Å². The van der Waals surface area contributed by atoms with Gasteiger partial charge in [-0.05, 0) is 24.1 Å². The number of benzene rings is 1. The van der Waals surface area contributed by atoms with Gasteiger partial charge in [0.1, 0.15) is 0 Å². The van der Waals surface area contributed by atoms with Crippen molar-refractivity contribution < 1.29 is 0 Å². The third-order valence-electron chi connectivity index (χ3n) is 3.47. The highest BCUT2D eigenvalue weighted by atomic mass is 35.5. The molecule has 0 aliphatic carbocycles. The molecule has 0 radical (unpaired) electrons. The fourth-order valence-corrected chi connectivity index (χ4v) is 3.14. The molecule has 1 aromatic rings. The third-order valence-corrected chi connectivity index (χ3v) is 4.63. The van der Waals surface area contributed by atoms with Gasteiger partial charge in [0.05, 0.1) is 5.71 Å². The molecule has 0 bridgehead atoms. The number of rotatable bonds is 7. The van der Waals surface area contributed by atoms with E-state index < -0.39 is 0 Å². The van der Waals surface area contributed by atoms with Crippen molar-refractivity contribution in [3.05, 3.63) is 34.9 Å². The monoisotopic (exact) mass is 323 g/mol. The molecule has 1 aliphatic rings. The fraction of sp³-hybridized carbons (Fsp3) is 0.500. The van der Waals surface area contributed by atoms with Crippen LogP contribution in [0.5, 0.6) is 0 Å². The lowest BCUT2D eigenvalue weighted by molar-refractivity contribution is 0.425. The van der Waals surface area contributed by atoms with Crippen molar-refractivity contribution in [3.63, 3.8) is 0 Å². The predicted octanol–water partition coefficient (Wildman–Crippen LogP) is 5.00. The molecule has 5 heteroatoms. The maximum absolute atomic E-state index is 8.01. The van der Waals surface area contributed by atoms with Gasteiger partial charge in [0, 0.05) is 17.3 Å². The lowest BCUT2D eigenvalue weighted by atomic mass is 10.1. The number of nitrogens with one attached hydrogen (secondary N) is 1. The fourth-order valence-electron chi connectivity index (χ4n) is 2.23. The summed E-state index contributed by atoms with van der Waals surface area (Å²) in [5.74, 6) is 0.757. The summed E-state index contributed by atoms with van der Waals surface area (Å²) in [4.78, 5) is 0. The van der Waals surface area contributed by atoms with Crippen LogP contribution < -0.4 is 0 Å². The minimum Gasteiger partial charge on any atom is -0.277 e. The number of hydrogen-bond acceptors (Lipinski definition) is 3. The van der Waals surface area contributed by atoms with Crippen LogP contribution in [-0.4, -0.2) is 28.2 Å². The Kier molecular flexibility index (Phi) is 6.58. The highest BCUT2D eigenvalue weighted by Crippen LogP contribution is 2.20. The molecule has 0 aromatic heterocycles. The van der Waals surface area contributed by atoms with Crippen molar-refractivity contribution in [2.45, 2.75) is 39.0 Å². The molecule has 21 heavy (non-hydrogen) atoms. The van der Waals surface area contributed by atoms with Crippen LogP contribution in [0.2, 0.25) is 5.02 Å². The van der Waals surface area contributed by atoms with Crippen LogP contribution in [0.3, 0.4) is 0 Å². The number of thioether (sulfide) groups is 1. The molecule has 0 unspecified atom stereocenters. The Hall–Kier alpha value is -1.00. The van der Waals surface area contributed by atoms with Crippen LogP contribution in [0.4, 0.5) is 0 Å². The van der Waals surface area contributed by atoms with Crippen LogP contribution in [0.25, 0.3) is 0 Å². The normalized spacial score (nSPS) is 15.2. The Morgan fingerprint density at radius 1 is 1.19 bits per heavy atom. The van der Waals surface area contributed by atoms with Gasteiger partial charge in [0.25, 0.3) is 0 Å². The van der Waals surface area contributed by atoms with Gasteiger partial charge in [0.2, 0.25) is 0 Å². The van der Waals surface area contributed by atoms with E-state index in [1.165, 1.54) is 25.7 Å². The van der Waals surface area contributed by atoms with Gasteiger partial charge in [-0.3, -0.25) is 5.41 Å². The van der Waals surface area contributed by atoms with Crippen molar-refractivity contribution >= 4 is 34.2 Å². The Balaban J connectivity index is 1.95. The van der Waals surface area contributed by atoms with Gasteiger partial charge in [0.15, 0.2) is 5.17 Å². The van der Waals surface area contributed by atoms with E-state index in [0.29, 0.717) is 5.17 Å². The summed E-state index contributed by atoms with van der Waals surface area (Å²) < 4.78 is 0. The van der Waals surface area contributed by atoms with Crippen molar-refractivity contribution in [1.82, 2.24) is 5.01 Å². The first-order valence-electron chi connectivity index (χ1n) is 7.53. The number of nitrogens with zero attached hydrogens (tertiary/aromatic N) is 2. The maximum Gasteiger partial charge on any atom is 0.177 e. The smallest absolute Gasteiger partial charge is 0.177 e. The molecule has 0 spiro atoms. The first-order valence-corrected chi connectivity index (χ1v) is 8.89. The topological polar surface area (TPSA) is 39.5 Å². The largest absolute Gasteiger partial charge is 0.277 e. The van der Waals surface area contributed by atoms with Gasteiger partial charge >= 0.3 is 0 Å². The van der Waals surface area contributed by atoms with E-state index in [2.05, 4.69) is 12.0 Å². The van der Waals surface area contributed by atoms with Crippen molar-refractivity contribution in [1.29, 1.82) is 5.41 Å². The van der Waals surface area contributed by atoms with Crippen molar-refractivity contribution in [2.75, 3.05) is 12.3 Å². The molecule has 3 nitrogen and oxygen atoms in total. The summed E-state index contributed by atoms with van der Waals surface area (Å²) >= 11 is 7.47. The van der Waals surface area contributed by atoms with Crippen molar-refractivity contribution in [2.24, 2.45) is 5.10 Å². The average molecular weight is 324 g/mol. The number of amidine groups is 1. The molecule has 2 rings (SSSR count). The standard InChI is InChI=1S/C16H22ClN3S/c1-2-3-4-5-6-11-20-16(18)21-12-15(19-20)13-7-9-14(17)10-8-13/h7-10,18H,2-6,11-12H2,1H3. The van der Waals surface area contributed by atoms with Gasteiger partial charge in [-0.25, -0.2) is 5.01 Å². The van der Waals surface area contributed by atoms with E-state index in [-0.39, 0.29) is 0 Å². The summed E-state index contributed by atoms with van der Waals surface area (Å²) in [6, 6.07) is 7.77. The van der Waals surface area contributed by atoms with E-state index in [1.54, 1.807) is 11.8 Å². The zero-order valence-electron chi connectivity index (χ0n) is 12.4. The second-order valence-electron chi connectivity index (χ2n) is 5.18. The molecule has 114 valence electrons. The van der Waals surface area contributed by atoms with Crippen LogP contribution in [0.15, 0.2) is 29.4 Å². The Labute approximate surface area is 136 Å². The van der Waals surface area contributed by atoms with Crippen LogP contribution in [-0.2, 0) is 0 Å². The molecular weight excluding hydrogens is 302 g/mol. The van der Waals surface area contributed by atoms with Gasteiger partial charge < -0.3 is 0 Å². The highest BCUT2D eigenvalue weighted by Gasteiger charge is 2.18. The van der Waals surface area contributed by atoms with E-state index >= 15 is 0 Å². The van der Waals surface area contributed by atoms with Crippen molar-refractivity contribution in [3.8, 4) is 0 Å². The van der Waals surface area contributed by atoms with Gasteiger partial charge in [-0.2, -0.15) is 5.10 Å². The number of unbranched alkanes of at least 4 members (excludes halogenated alkanes) is 4. The zero-order valence-corrected chi connectivity index (χ0v) is 14.0. The van der Waals surface area contributed by atoms with E-state index in [0.717, 1.165) is 35.0 Å². The minimum atomic E-state index is 0.559. The molecule has 0 saturated heterocycles. The molecule has 0 amide bonds. The van der Waals surface area contributed by atoms with Crippen LogP contribution >= 0.6 is 23.4 Å². The molecular formula is C16H22ClN3S. The lowest BCUT2D eigenvalue weighted by Gasteiger charge is -2.25. The maximum atomic E-state index is 8.01. The van der Waals surface area contributed by atoms with Gasteiger partial charge in [-0.15, -0.1) is 0 Å². The highest BCUT2D eigenvalue weighted by molar-refractivity contribution is 8.14. The molecule has 1 aromatic carbocycles. The second-order valence-corrected chi connectivity index (χ2v) is 6.59. The first-order chi connectivity index (χ1) is 10.2. The number of hydrazone groups is 1. The molecule has 1 N–H and O–H groups in total. The molecule has 1 aliphatic heterocycles. The van der Waals surface area contributed by atoms with E-state index in [4.69, 9.17) is 17.0 Å². The predicted molar refractivity (Wildman–Crippen MR) is 93.6 cm³/mol. The lowest BCUT2D eigenvalue weighted by Crippen LogP contribution is -2.31. The summed E-state index contributed by atoms with van der Waals surface area (Å²) in [5.41, 5.74) is 2.12. The first kappa shape index (κ1) is 16.4. The minimum absolute atomic E-state index is 0.559. The summed E-state index contributed by atoms with van der Waals surface area (Å²) in [6.07, 6.45) is 6.15. The second kappa shape index (κ2) is 8.44. The Bertz CT molecular complexity index is 499. The molecule has 0 saturated carbocycles. The summed E-state index contributed by atoms with van der Waals surface area (Å²) in [7, 11) is 0. The SMILES string of the molecule is CCCCCCCN1N=C(c2ccc(Cl)cc2)CSC1=N. The van der Waals surface area contributed by atoms with E-state index in [9.17, 15) is 0 Å². The Morgan fingerprint density at radius 2 is 1.90 bits per heavy atom. The van der Waals surface area contributed by atoms with Gasteiger partial charge in [-0.1, -0.05) is 68.1 Å². The zero-order chi connectivity index (χ0) is 15.1. The third kappa shape index (κ3) is 5.04. The molecule has 0 fully saturated rings. The number of halogens is 1. The Morgan fingerprint density at radius 3 is 2.62 bits per heavy atom. The van der Waals surface area contributed by atoms with Crippen LogP contribution in [0.1, 0.15) is 44.6 Å². The van der Waals surface area contributed by atoms with Crippen LogP contribution in [0, 0.1) is 5.41 Å². The summed E-state index contributed by atoms with van der Waals surface area (Å²) in [6.45, 7) is 3.06. The average Bonchev–Trinajstić information content (AvgIpc) is 2.50. The summed E-state index contributed by atoms with van der Waals surface area (Å²) in [5, 5.41) is 15.8. The number of hydrogen-bond donors (Lipinski definition) is 1.